The summed E-state index contributed by atoms with van der Waals surface area (Å²) in [5.41, 5.74) is 2.15. The van der Waals surface area contributed by atoms with E-state index in [9.17, 15) is 4.79 Å². The molecule has 0 bridgehead atoms. The third-order valence-electron chi connectivity index (χ3n) is 4.05. The summed E-state index contributed by atoms with van der Waals surface area (Å²) in [6.45, 7) is 6.16. The fourth-order valence-corrected chi connectivity index (χ4v) is 2.52. The van der Waals surface area contributed by atoms with E-state index in [1.54, 1.807) is 6.20 Å². The first kappa shape index (κ1) is 17.0. The van der Waals surface area contributed by atoms with Crippen LogP contribution in [0.3, 0.4) is 0 Å². The maximum Gasteiger partial charge on any atom is 0.228 e. The maximum absolute atomic E-state index is 12.1. The van der Waals surface area contributed by atoms with Crippen molar-refractivity contribution in [2.45, 2.75) is 39.7 Å². The number of hydrogen-bond acceptors (Lipinski definition) is 3. The molecule has 0 saturated carbocycles. The second-order valence-corrected chi connectivity index (χ2v) is 5.71. The van der Waals surface area contributed by atoms with Crippen LogP contribution in [0.25, 0.3) is 0 Å². The first-order valence-electron chi connectivity index (χ1n) is 8.22. The van der Waals surface area contributed by atoms with Gasteiger partial charge in [-0.2, -0.15) is 0 Å². The molecule has 0 spiro atoms. The lowest BCUT2D eigenvalue weighted by molar-refractivity contribution is -0.120. The summed E-state index contributed by atoms with van der Waals surface area (Å²) in [4.78, 5) is 16.4. The smallest absolute Gasteiger partial charge is 0.228 e. The Morgan fingerprint density at radius 3 is 2.35 bits per heavy atom. The van der Waals surface area contributed by atoms with Gasteiger partial charge in [-0.25, -0.2) is 4.98 Å². The summed E-state index contributed by atoms with van der Waals surface area (Å²) in [6, 6.07) is 14.2. The molecule has 23 heavy (non-hydrogen) atoms. The molecular weight excluding hydrogens is 286 g/mol. The number of benzene rings is 1. The van der Waals surface area contributed by atoms with Gasteiger partial charge in [-0.15, -0.1) is 0 Å². The van der Waals surface area contributed by atoms with Crippen molar-refractivity contribution in [2.24, 2.45) is 5.92 Å². The van der Waals surface area contributed by atoms with Crippen LogP contribution in [0.1, 0.15) is 45.2 Å². The fourth-order valence-electron chi connectivity index (χ4n) is 2.52. The van der Waals surface area contributed by atoms with E-state index in [2.05, 4.69) is 34.7 Å². The van der Waals surface area contributed by atoms with Crippen LogP contribution in [-0.4, -0.2) is 10.9 Å². The number of nitrogens with one attached hydrogen (secondary N) is 2. The summed E-state index contributed by atoms with van der Waals surface area (Å²) in [5, 5.41) is 6.29. The Kier molecular flexibility index (Phi) is 6.15. The van der Waals surface area contributed by atoms with E-state index in [1.807, 2.05) is 44.2 Å². The van der Waals surface area contributed by atoms with Gasteiger partial charge < -0.3 is 10.6 Å². The zero-order chi connectivity index (χ0) is 16.7. The number of hydrogen-bond donors (Lipinski definition) is 2. The van der Waals surface area contributed by atoms with Crippen LogP contribution in [0.5, 0.6) is 0 Å². The molecule has 0 radical (unpaired) electrons. The van der Waals surface area contributed by atoms with Crippen LogP contribution >= 0.6 is 0 Å². The molecule has 2 aromatic rings. The first-order chi connectivity index (χ1) is 11.1. The van der Waals surface area contributed by atoms with E-state index in [1.165, 1.54) is 5.56 Å². The first-order valence-corrected chi connectivity index (χ1v) is 8.22. The van der Waals surface area contributed by atoms with Crippen LogP contribution in [-0.2, 0) is 4.79 Å². The molecule has 0 fully saturated rings. The van der Waals surface area contributed by atoms with Crippen molar-refractivity contribution in [1.29, 1.82) is 0 Å². The average molecular weight is 311 g/mol. The molecule has 1 heterocycles. The molecule has 2 rings (SSSR count). The van der Waals surface area contributed by atoms with Crippen LogP contribution in [0.15, 0.2) is 48.7 Å². The fraction of sp³-hybridized carbons (Fsp3) is 0.368. The molecular formula is C19H25N3O. The van der Waals surface area contributed by atoms with Crippen molar-refractivity contribution in [1.82, 2.24) is 4.98 Å². The van der Waals surface area contributed by atoms with E-state index in [4.69, 9.17) is 0 Å². The number of nitrogens with zero attached hydrogens (tertiary/aromatic N) is 1. The van der Waals surface area contributed by atoms with Gasteiger partial charge in [-0.3, -0.25) is 4.79 Å². The predicted octanol–water partition coefficient (Wildman–Crippen LogP) is 4.63. The second kappa shape index (κ2) is 8.32. The van der Waals surface area contributed by atoms with Crippen molar-refractivity contribution < 1.29 is 4.79 Å². The summed E-state index contributed by atoms with van der Waals surface area (Å²) in [7, 11) is 0. The van der Waals surface area contributed by atoms with Crippen molar-refractivity contribution in [3.63, 3.8) is 0 Å². The molecule has 1 atom stereocenters. The highest BCUT2D eigenvalue weighted by Gasteiger charge is 2.14. The number of carbonyl (C=O) groups is 1. The minimum Gasteiger partial charge on any atom is -0.377 e. The summed E-state index contributed by atoms with van der Waals surface area (Å²) in [6.07, 6.45) is 3.44. The molecule has 0 aliphatic heterocycles. The van der Waals surface area contributed by atoms with Gasteiger partial charge in [0.15, 0.2) is 0 Å². The third kappa shape index (κ3) is 4.81. The summed E-state index contributed by atoms with van der Waals surface area (Å²) in [5.74, 6) is 0.688. The molecule has 2 N–H and O–H groups in total. The molecule has 1 unspecified atom stereocenters. The average Bonchev–Trinajstić information content (AvgIpc) is 2.58. The minimum atomic E-state index is 0.0425. The Labute approximate surface area is 138 Å². The molecule has 0 saturated heterocycles. The minimum absolute atomic E-state index is 0.0425. The Balaban J connectivity index is 1.96. The van der Waals surface area contributed by atoms with Crippen LogP contribution in [0.4, 0.5) is 11.5 Å². The lowest BCUT2D eigenvalue weighted by atomic mass is 10.0. The quantitative estimate of drug-likeness (QED) is 0.784. The monoisotopic (exact) mass is 311 g/mol. The molecule has 1 amide bonds. The van der Waals surface area contributed by atoms with Gasteiger partial charge in [0.05, 0.1) is 11.9 Å². The van der Waals surface area contributed by atoms with E-state index < -0.39 is 0 Å². The van der Waals surface area contributed by atoms with Gasteiger partial charge in [-0.05, 0) is 37.5 Å². The van der Waals surface area contributed by atoms with E-state index in [0.29, 0.717) is 5.82 Å². The normalized spacial score (nSPS) is 12.0. The van der Waals surface area contributed by atoms with Crippen LogP contribution < -0.4 is 10.6 Å². The highest BCUT2D eigenvalue weighted by molar-refractivity contribution is 5.91. The van der Waals surface area contributed by atoms with Crippen molar-refractivity contribution >= 4 is 17.4 Å². The number of anilines is 2. The van der Waals surface area contributed by atoms with E-state index in [0.717, 1.165) is 18.5 Å². The lowest BCUT2D eigenvalue weighted by Gasteiger charge is -2.16. The maximum atomic E-state index is 12.1. The van der Waals surface area contributed by atoms with Gasteiger partial charge in [0, 0.05) is 12.0 Å². The van der Waals surface area contributed by atoms with Crippen LogP contribution in [0, 0.1) is 5.92 Å². The number of amides is 1. The molecule has 4 nitrogen and oxygen atoms in total. The van der Waals surface area contributed by atoms with E-state index in [-0.39, 0.29) is 17.9 Å². The van der Waals surface area contributed by atoms with Gasteiger partial charge >= 0.3 is 0 Å². The largest absolute Gasteiger partial charge is 0.377 e. The summed E-state index contributed by atoms with van der Waals surface area (Å²) < 4.78 is 0. The number of aromatic nitrogens is 1. The molecule has 0 aliphatic rings. The number of rotatable bonds is 7. The zero-order valence-electron chi connectivity index (χ0n) is 14.0. The van der Waals surface area contributed by atoms with Gasteiger partial charge in [0.25, 0.3) is 0 Å². The Morgan fingerprint density at radius 2 is 1.78 bits per heavy atom. The molecule has 4 heteroatoms. The third-order valence-corrected chi connectivity index (χ3v) is 4.05. The molecule has 1 aromatic heterocycles. The number of carbonyl (C=O) groups excluding carboxylic acids is 1. The SMILES string of the molecule is CCC(CC)C(=O)Nc1ccc(NC(C)c2ccccc2)cn1. The highest BCUT2D eigenvalue weighted by atomic mass is 16.1. The Morgan fingerprint density at radius 1 is 1.09 bits per heavy atom. The van der Waals surface area contributed by atoms with E-state index >= 15 is 0 Å². The van der Waals surface area contributed by atoms with Gasteiger partial charge in [-0.1, -0.05) is 44.2 Å². The van der Waals surface area contributed by atoms with Crippen LogP contribution in [0.2, 0.25) is 0 Å². The second-order valence-electron chi connectivity index (χ2n) is 5.71. The van der Waals surface area contributed by atoms with Crippen molar-refractivity contribution in [3.05, 3.63) is 54.2 Å². The predicted molar refractivity (Wildman–Crippen MR) is 95.4 cm³/mol. The number of pyridine rings is 1. The lowest BCUT2D eigenvalue weighted by Crippen LogP contribution is -2.22. The van der Waals surface area contributed by atoms with Gasteiger partial charge in [0.2, 0.25) is 5.91 Å². The highest BCUT2D eigenvalue weighted by Crippen LogP contribution is 2.19. The van der Waals surface area contributed by atoms with Gasteiger partial charge in [0.1, 0.15) is 5.82 Å². The van der Waals surface area contributed by atoms with Crippen molar-refractivity contribution in [2.75, 3.05) is 10.6 Å². The molecule has 1 aromatic carbocycles. The van der Waals surface area contributed by atoms with Crippen molar-refractivity contribution in [3.8, 4) is 0 Å². The summed E-state index contributed by atoms with van der Waals surface area (Å²) >= 11 is 0. The zero-order valence-corrected chi connectivity index (χ0v) is 14.0. The molecule has 0 aliphatic carbocycles. The Hall–Kier alpha value is -2.36. The topological polar surface area (TPSA) is 54.0 Å². The Bertz CT molecular complexity index is 606. The molecule has 122 valence electrons. The standard InChI is InChI=1S/C19H25N3O/c1-4-15(5-2)19(23)22-18-12-11-17(13-20-18)21-14(3)16-9-7-6-8-10-16/h6-15,21H,4-5H2,1-3H3,(H,20,22,23).